The number of hydrogen-bond donors (Lipinski definition) is 0. The first-order valence-electron chi connectivity index (χ1n) is 12.6. The third-order valence-electron chi connectivity index (χ3n) is 6.78. The third-order valence-corrected chi connectivity index (χ3v) is 6.78. The maximum absolute atomic E-state index is 9.21. The van der Waals surface area contributed by atoms with Crippen molar-refractivity contribution in [2.24, 2.45) is 0 Å². The first kappa shape index (κ1) is 22.6. The fourth-order valence-electron chi connectivity index (χ4n) is 4.78. The second-order valence-electron chi connectivity index (χ2n) is 9.25. The molecule has 39 heavy (non-hydrogen) atoms. The first-order chi connectivity index (χ1) is 19.2. The Kier molecular flexibility index (Phi) is 5.42. The van der Waals surface area contributed by atoms with Crippen LogP contribution in [0.5, 0.6) is 0 Å². The Morgan fingerprint density at radius 2 is 0.923 bits per heavy atom. The van der Waals surface area contributed by atoms with Crippen molar-refractivity contribution in [1.82, 2.24) is 15.0 Å². The lowest BCUT2D eigenvalue weighted by molar-refractivity contribution is 0.669. The van der Waals surface area contributed by atoms with Crippen LogP contribution in [-0.2, 0) is 0 Å². The standard InChI is InChI=1S/C34H20N4O/c35-21-22-11-17-28-29-18-16-27(20-31(29)39-30(28)19-22)23-12-14-26(15-13-23)34-37-32(24-7-3-1-4-8-24)36-33(38-34)25-9-5-2-6-10-25/h1-20H. The minimum Gasteiger partial charge on any atom is -0.456 e. The summed E-state index contributed by atoms with van der Waals surface area (Å²) in [5, 5.41) is 11.2. The second kappa shape index (κ2) is 9.37. The van der Waals surface area contributed by atoms with Crippen LogP contribution in [0.25, 0.3) is 67.2 Å². The molecule has 2 heterocycles. The smallest absolute Gasteiger partial charge is 0.164 e. The van der Waals surface area contributed by atoms with Crippen LogP contribution < -0.4 is 0 Å². The summed E-state index contributed by atoms with van der Waals surface area (Å²) in [5.74, 6) is 1.90. The fourth-order valence-corrected chi connectivity index (χ4v) is 4.78. The summed E-state index contributed by atoms with van der Waals surface area (Å²) in [6.07, 6.45) is 0. The van der Waals surface area contributed by atoms with Gasteiger partial charge in [-0.15, -0.1) is 0 Å². The van der Waals surface area contributed by atoms with E-state index in [0.717, 1.165) is 49.8 Å². The van der Waals surface area contributed by atoms with Gasteiger partial charge in [-0.2, -0.15) is 5.26 Å². The molecular formula is C34H20N4O. The van der Waals surface area contributed by atoms with E-state index in [4.69, 9.17) is 19.4 Å². The van der Waals surface area contributed by atoms with Crippen molar-refractivity contribution in [2.45, 2.75) is 0 Å². The van der Waals surface area contributed by atoms with Gasteiger partial charge in [-0.1, -0.05) is 91.0 Å². The summed E-state index contributed by atoms with van der Waals surface area (Å²) in [7, 11) is 0. The highest BCUT2D eigenvalue weighted by molar-refractivity contribution is 6.06. The van der Waals surface area contributed by atoms with Crippen molar-refractivity contribution >= 4 is 21.9 Å². The highest BCUT2D eigenvalue weighted by Gasteiger charge is 2.13. The first-order valence-corrected chi connectivity index (χ1v) is 12.6. The lowest BCUT2D eigenvalue weighted by Gasteiger charge is -2.09. The molecule has 0 bridgehead atoms. The third kappa shape index (κ3) is 4.20. The van der Waals surface area contributed by atoms with Crippen molar-refractivity contribution in [2.75, 3.05) is 0 Å². The number of hydrogen-bond acceptors (Lipinski definition) is 5. The molecule has 5 nitrogen and oxygen atoms in total. The summed E-state index contributed by atoms with van der Waals surface area (Å²) < 4.78 is 6.08. The van der Waals surface area contributed by atoms with Gasteiger partial charge in [0.2, 0.25) is 0 Å². The van der Waals surface area contributed by atoms with Crippen molar-refractivity contribution in [3.63, 3.8) is 0 Å². The second-order valence-corrected chi connectivity index (χ2v) is 9.25. The van der Waals surface area contributed by atoms with Gasteiger partial charge in [-0.05, 0) is 41.5 Å². The molecule has 2 aromatic heterocycles. The summed E-state index contributed by atoms with van der Waals surface area (Å²) in [5.41, 5.74) is 6.98. The zero-order valence-corrected chi connectivity index (χ0v) is 20.7. The van der Waals surface area contributed by atoms with Crippen molar-refractivity contribution in [1.29, 1.82) is 5.26 Å². The van der Waals surface area contributed by atoms with Crippen LogP contribution in [0.3, 0.4) is 0 Å². The van der Waals surface area contributed by atoms with Crippen LogP contribution in [0.4, 0.5) is 0 Å². The Hall–Kier alpha value is -5.60. The number of nitriles is 1. The Bertz CT molecular complexity index is 1950. The monoisotopic (exact) mass is 500 g/mol. The molecule has 7 aromatic rings. The number of fused-ring (bicyclic) bond motifs is 3. The van der Waals surface area contributed by atoms with Crippen LogP contribution in [0.15, 0.2) is 126 Å². The van der Waals surface area contributed by atoms with Gasteiger partial charge in [0.15, 0.2) is 17.5 Å². The Labute approximate surface area is 224 Å². The SMILES string of the molecule is N#Cc1ccc2c(c1)oc1cc(-c3ccc(-c4nc(-c5ccccc5)nc(-c5ccccc5)n4)cc3)ccc12. The van der Waals surface area contributed by atoms with E-state index >= 15 is 0 Å². The molecule has 0 saturated heterocycles. The zero-order valence-electron chi connectivity index (χ0n) is 20.7. The lowest BCUT2D eigenvalue weighted by Crippen LogP contribution is -2.00. The molecule has 0 amide bonds. The molecule has 0 radical (unpaired) electrons. The highest BCUT2D eigenvalue weighted by atomic mass is 16.3. The quantitative estimate of drug-likeness (QED) is 0.243. The van der Waals surface area contributed by atoms with E-state index < -0.39 is 0 Å². The average Bonchev–Trinajstić information content (AvgIpc) is 3.39. The molecule has 0 aliphatic rings. The van der Waals surface area contributed by atoms with Gasteiger partial charge in [0, 0.05) is 27.5 Å². The minimum absolute atomic E-state index is 0.585. The van der Waals surface area contributed by atoms with E-state index in [-0.39, 0.29) is 0 Å². The molecule has 0 aliphatic heterocycles. The predicted molar refractivity (Wildman–Crippen MR) is 154 cm³/mol. The molecular weight excluding hydrogens is 480 g/mol. The van der Waals surface area contributed by atoms with E-state index in [0.29, 0.717) is 23.0 Å². The maximum Gasteiger partial charge on any atom is 0.164 e. The topological polar surface area (TPSA) is 75.6 Å². The number of nitrogens with zero attached hydrogens (tertiary/aromatic N) is 4. The van der Waals surface area contributed by atoms with Crippen molar-refractivity contribution < 1.29 is 4.42 Å². The number of rotatable bonds is 4. The molecule has 7 rings (SSSR count). The van der Waals surface area contributed by atoms with Gasteiger partial charge in [0.05, 0.1) is 11.6 Å². The van der Waals surface area contributed by atoms with Gasteiger partial charge in [-0.3, -0.25) is 0 Å². The van der Waals surface area contributed by atoms with Gasteiger partial charge >= 0.3 is 0 Å². The van der Waals surface area contributed by atoms with Crippen LogP contribution in [-0.4, -0.2) is 15.0 Å². The van der Waals surface area contributed by atoms with Gasteiger partial charge in [0.25, 0.3) is 0 Å². The largest absolute Gasteiger partial charge is 0.456 e. The Balaban J connectivity index is 1.28. The van der Waals surface area contributed by atoms with Crippen molar-refractivity contribution in [3.05, 3.63) is 127 Å². The van der Waals surface area contributed by atoms with E-state index in [9.17, 15) is 5.26 Å². The molecule has 0 N–H and O–H groups in total. The molecule has 0 unspecified atom stereocenters. The summed E-state index contributed by atoms with van der Waals surface area (Å²) in [6.45, 7) is 0. The summed E-state index contributed by atoms with van der Waals surface area (Å²) in [4.78, 5) is 14.4. The van der Waals surface area contributed by atoms with Crippen LogP contribution >= 0.6 is 0 Å². The highest BCUT2D eigenvalue weighted by Crippen LogP contribution is 2.33. The Morgan fingerprint density at radius 1 is 0.462 bits per heavy atom. The van der Waals surface area contributed by atoms with Gasteiger partial charge in [0.1, 0.15) is 11.2 Å². The van der Waals surface area contributed by atoms with Crippen LogP contribution in [0, 0.1) is 11.3 Å². The van der Waals surface area contributed by atoms with E-state index in [1.807, 2.05) is 91.0 Å². The summed E-state index contributed by atoms with van der Waals surface area (Å²) >= 11 is 0. The van der Waals surface area contributed by atoms with E-state index in [1.165, 1.54) is 0 Å². The average molecular weight is 501 g/mol. The summed E-state index contributed by atoms with van der Waals surface area (Å²) in [6, 6.07) is 42.1. The number of furan rings is 1. The Morgan fingerprint density at radius 3 is 1.49 bits per heavy atom. The molecule has 5 aromatic carbocycles. The maximum atomic E-state index is 9.21. The van der Waals surface area contributed by atoms with Gasteiger partial charge < -0.3 is 4.42 Å². The van der Waals surface area contributed by atoms with Gasteiger partial charge in [-0.25, -0.2) is 15.0 Å². The van der Waals surface area contributed by atoms with Crippen molar-refractivity contribution in [3.8, 4) is 51.4 Å². The van der Waals surface area contributed by atoms with E-state index in [1.54, 1.807) is 6.07 Å². The molecule has 182 valence electrons. The molecule has 0 fully saturated rings. The fraction of sp³-hybridized carbons (Fsp3) is 0. The molecule has 0 aliphatic carbocycles. The van der Waals surface area contributed by atoms with Crippen LogP contribution in [0.1, 0.15) is 5.56 Å². The van der Waals surface area contributed by atoms with E-state index in [2.05, 4.69) is 30.3 Å². The zero-order chi connectivity index (χ0) is 26.2. The minimum atomic E-state index is 0.585. The predicted octanol–water partition coefficient (Wildman–Crippen LogP) is 8.31. The molecule has 0 spiro atoms. The molecule has 5 heteroatoms. The number of aromatic nitrogens is 3. The van der Waals surface area contributed by atoms with Crippen LogP contribution in [0.2, 0.25) is 0 Å². The lowest BCUT2D eigenvalue weighted by atomic mass is 10.0. The molecule has 0 atom stereocenters. The normalized spacial score (nSPS) is 11.1. The molecule has 0 saturated carbocycles. The number of benzene rings is 5.